The van der Waals surface area contributed by atoms with Crippen molar-refractivity contribution >= 4 is 0 Å². The molecule has 0 aromatic heterocycles. The number of hydrogen-bond acceptors (Lipinski definition) is 1. The first-order valence-electron chi connectivity index (χ1n) is 5.79. The Labute approximate surface area is 94.9 Å². The SMILES string of the molecule is CC(C)=CC(N)C1CCCCC1C(F)(F)F. The van der Waals surface area contributed by atoms with E-state index >= 15 is 0 Å². The van der Waals surface area contributed by atoms with Gasteiger partial charge in [0.05, 0.1) is 5.92 Å². The van der Waals surface area contributed by atoms with Crippen LogP contribution in [0, 0.1) is 11.8 Å². The van der Waals surface area contributed by atoms with Gasteiger partial charge in [-0.25, -0.2) is 0 Å². The van der Waals surface area contributed by atoms with E-state index in [9.17, 15) is 13.2 Å². The third kappa shape index (κ3) is 3.51. The monoisotopic (exact) mass is 235 g/mol. The van der Waals surface area contributed by atoms with E-state index in [1.807, 2.05) is 13.8 Å². The maximum absolute atomic E-state index is 12.8. The molecule has 0 spiro atoms. The third-order valence-electron chi connectivity index (χ3n) is 3.26. The van der Waals surface area contributed by atoms with Crippen molar-refractivity contribution in [3.05, 3.63) is 11.6 Å². The van der Waals surface area contributed by atoms with E-state index in [1.165, 1.54) is 0 Å². The molecule has 94 valence electrons. The predicted octanol–water partition coefficient (Wildman–Crippen LogP) is 3.65. The lowest BCUT2D eigenvalue weighted by Gasteiger charge is -2.35. The highest BCUT2D eigenvalue weighted by Crippen LogP contribution is 2.42. The van der Waals surface area contributed by atoms with Crippen molar-refractivity contribution in [2.24, 2.45) is 17.6 Å². The van der Waals surface area contributed by atoms with Gasteiger partial charge in [-0.3, -0.25) is 0 Å². The van der Waals surface area contributed by atoms with E-state index in [-0.39, 0.29) is 6.42 Å². The van der Waals surface area contributed by atoms with Crippen molar-refractivity contribution in [3.63, 3.8) is 0 Å². The van der Waals surface area contributed by atoms with Crippen LogP contribution in [0.2, 0.25) is 0 Å². The summed E-state index contributed by atoms with van der Waals surface area (Å²) in [6.07, 6.45) is 0.0181. The molecule has 1 rings (SSSR count). The summed E-state index contributed by atoms with van der Waals surface area (Å²) in [4.78, 5) is 0. The fourth-order valence-electron chi connectivity index (χ4n) is 2.54. The Morgan fingerprint density at radius 1 is 1.25 bits per heavy atom. The Hall–Kier alpha value is -0.510. The van der Waals surface area contributed by atoms with Crippen LogP contribution in [0.1, 0.15) is 39.5 Å². The smallest absolute Gasteiger partial charge is 0.324 e. The van der Waals surface area contributed by atoms with Gasteiger partial charge in [-0.2, -0.15) is 13.2 Å². The topological polar surface area (TPSA) is 26.0 Å². The molecule has 2 N–H and O–H groups in total. The zero-order chi connectivity index (χ0) is 12.3. The van der Waals surface area contributed by atoms with E-state index in [0.717, 1.165) is 12.0 Å². The lowest BCUT2D eigenvalue weighted by atomic mass is 9.74. The maximum Gasteiger partial charge on any atom is 0.392 e. The second kappa shape index (κ2) is 5.21. The average Bonchev–Trinajstić information content (AvgIpc) is 2.15. The van der Waals surface area contributed by atoms with E-state index in [0.29, 0.717) is 12.8 Å². The second-order valence-electron chi connectivity index (χ2n) is 4.92. The van der Waals surface area contributed by atoms with Crippen LogP contribution in [0.15, 0.2) is 11.6 Å². The molecular formula is C12H20F3N. The van der Waals surface area contributed by atoms with Gasteiger partial charge < -0.3 is 5.73 Å². The molecule has 0 saturated heterocycles. The minimum absolute atomic E-state index is 0.235. The molecule has 1 saturated carbocycles. The Morgan fingerprint density at radius 3 is 2.31 bits per heavy atom. The second-order valence-corrected chi connectivity index (χ2v) is 4.92. The number of allylic oxidation sites excluding steroid dienone is 1. The first-order valence-corrected chi connectivity index (χ1v) is 5.79. The quantitative estimate of drug-likeness (QED) is 0.726. The molecule has 0 heterocycles. The molecule has 1 fully saturated rings. The molecule has 0 aromatic rings. The largest absolute Gasteiger partial charge is 0.392 e. The van der Waals surface area contributed by atoms with Crippen LogP contribution in [0.3, 0.4) is 0 Å². The summed E-state index contributed by atoms with van der Waals surface area (Å²) >= 11 is 0. The number of halogens is 3. The fraction of sp³-hybridized carbons (Fsp3) is 0.833. The van der Waals surface area contributed by atoms with Gasteiger partial charge >= 0.3 is 6.18 Å². The fourth-order valence-corrected chi connectivity index (χ4v) is 2.54. The van der Waals surface area contributed by atoms with Crippen LogP contribution in [-0.4, -0.2) is 12.2 Å². The van der Waals surface area contributed by atoms with E-state index < -0.39 is 24.1 Å². The number of rotatable bonds is 2. The first-order chi connectivity index (χ1) is 7.32. The van der Waals surface area contributed by atoms with Gasteiger partial charge in [0, 0.05) is 6.04 Å². The molecule has 0 radical (unpaired) electrons. The molecule has 4 heteroatoms. The summed E-state index contributed by atoms with van der Waals surface area (Å²) < 4.78 is 38.4. The van der Waals surface area contributed by atoms with Crippen LogP contribution < -0.4 is 5.73 Å². The minimum atomic E-state index is -4.10. The molecule has 0 bridgehead atoms. The molecular weight excluding hydrogens is 215 g/mol. The molecule has 1 aliphatic rings. The standard InChI is InChI=1S/C12H20F3N/c1-8(2)7-11(16)9-5-3-4-6-10(9)12(13,14)15/h7,9-11H,3-6,16H2,1-2H3. The Morgan fingerprint density at radius 2 is 1.81 bits per heavy atom. The Kier molecular flexibility index (Phi) is 4.42. The van der Waals surface area contributed by atoms with Crippen molar-refractivity contribution in [2.45, 2.75) is 51.7 Å². The molecule has 1 nitrogen and oxygen atoms in total. The zero-order valence-corrected chi connectivity index (χ0v) is 9.85. The van der Waals surface area contributed by atoms with Crippen molar-refractivity contribution in [1.29, 1.82) is 0 Å². The highest BCUT2D eigenvalue weighted by Gasteiger charge is 2.46. The van der Waals surface area contributed by atoms with Crippen LogP contribution in [0.5, 0.6) is 0 Å². The normalized spacial score (nSPS) is 28.6. The van der Waals surface area contributed by atoms with Crippen molar-refractivity contribution in [2.75, 3.05) is 0 Å². The number of hydrogen-bond donors (Lipinski definition) is 1. The molecule has 16 heavy (non-hydrogen) atoms. The molecule has 3 atom stereocenters. The van der Waals surface area contributed by atoms with Crippen molar-refractivity contribution in [3.8, 4) is 0 Å². The van der Waals surface area contributed by atoms with Crippen molar-refractivity contribution < 1.29 is 13.2 Å². The van der Waals surface area contributed by atoms with Crippen LogP contribution in [0.4, 0.5) is 13.2 Å². The Bertz CT molecular complexity index is 253. The van der Waals surface area contributed by atoms with Crippen LogP contribution >= 0.6 is 0 Å². The first kappa shape index (κ1) is 13.6. The summed E-state index contributed by atoms with van der Waals surface area (Å²) in [5.74, 6) is -1.66. The highest BCUT2D eigenvalue weighted by atomic mass is 19.4. The number of nitrogens with two attached hydrogens (primary N) is 1. The number of alkyl halides is 3. The van der Waals surface area contributed by atoms with E-state index in [4.69, 9.17) is 5.73 Å². The molecule has 0 amide bonds. The van der Waals surface area contributed by atoms with Gasteiger partial charge in [0.1, 0.15) is 0 Å². The minimum Gasteiger partial charge on any atom is -0.324 e. The van der Waals surface area contributed by atoms with Gasteiger partial charge in [0.25, 0.3) is 0 Å². The summed E-state index contributed by atoms with van der Waals surface area (Å²) in [7, 11) is 0. The summed E-state index contributed by atoms with van der Waals surface area (Å²) in [6, 6.07) is -0.461. The lowest BCUT2D eigenvalue weighted by molar-refractivity contribution is -0.197. The van der Waals surface area contributed by atoms with E-state index in [2.05, 4.69) is 0 Å². The Balaban J connectivity index is 2.78. The third-order valence-corrected chi connectivity index (χ3v) is 3.26. The van der Waals surface area contributed by atoms with E-state index in [1.54, 1.807) is 6.08 Å². The van der Waals surface area contributed by atoms with Gasteiger partial charge in [-0.05, 0) is 32.6 Å². The van der Waals surface area contributed by atoms with Gasteiger partial charge in [0.15, 0.2) is 0 Å². The summed E-state index contributed by atoms with van der Waals surface area (Å²) in [6.45, 7) is 3.73. The summed E-state index contributed by atoms with van der Waals surface area (Å²) in [5, 5.41) is 0. The van der Waals surface area contributed by atoms with Gasteiger partial charge in [-0.15, -0.1) is 0 Å². The maximum atomic E-state index is 12.8. The van der Waals surface area contributed by atoms with Crippen LogP contribution in [0.25, 0.3) is 0 Å². The molecule has 3 unspecified atom stereocenters. The molecule has 0 aliphatic heterocycles. The molecule has 0 aromatic carbocycles. The lowest BCUT2D eigenvalue weighted by Crippen LogP contribution is -2.42. The van der Waals surface area contributed by atoms with Crippen LogP contribution in [-0.2, 0) is 0 Å². The van der Waals surface area contributed by atoms with Gasteiger partial charge in [-0.1, -0.05) is 24.5 Å². The predicted molar refractivity (Wildman–Crippen MR) is 58.9 cm³/mol. The summed E-state index contributed by atoms with van der Waals surface area (Å²) in [5.41, 5.74) is 6.85. The van der Waals surface area contributed by atoms with Gasteiger partial charge in [0.2, 0.25) is 0 Å². The molecule has 1 aliphatic carbocycles. The zero-order valence-electron chi connectivity index (χ0n) is 9.85. The van der Waals surface area contributed by atoms with Crippen molar-refractivity contribution in [1.82, 2.24) is 0 Å². The average molecular weight is 235 g/mol. The highest BCUT2D eigenvalue weighted by molar-refractivity contribution is 5.04.